The number of allylic oxidation sites excluding steroid dienone is 1. The minimum atomic E-state index is -0.857. The van der Waals surface area contributed by atoms with Gasteiger partial charge in [0, 0.05) is 5.02 Å². The quantitative estimate of drug-likeness (QED) is 0.193. The summed E-state index contributed by atoms with van der Waals surface area (Å²) in [6.45, 7) is 5.78. The lowest BCUT2D eigenvalue weighted by Gasteiger charge is -2.25. The number of thiazole rings is 1. The minimum Gasteiger partial charge on any atom is -0.490 e. The van der Waals surface area contributed by atoms with Crippen molar-refractivity contribution in [2.24, 2.45) is 4.99 Å². The molecule has 5 rings (SSSR count). The average Bonchev–Trinajstić information content (AvgIpc) is 3.37. The Labute approximate surface area is 280 Å². The summed E-state index contributed by atoms with van der Waals surface area (Å²) in [4.78, 5) is 44.1. The monoisotopic (exact) mass is 676 g/mol. The van der Waals surface area contributed by atoms with E-state index in [1.54, 1.807) is 38.1 Å². The van der Waals surface area contributed by atoms with Gasteiger partial charge < -0.3 is 23.7 Å². The molecule has 2 heterocycles. The van der Waals surface area contributed by atoms with E-state index in [9.17, 15) is 14.4 Å². The molecule has 0 spiro atoms. The highest BCUT2D eigenvalue weighted by Gasteiger charge is 2.34. The molecule has 1 aliphatic rings. The molecule has 1 aromatic heterocycles. The first-order valence-corrected chi connectivity index (χ1v) is 16.0. The lowest BCUT2D eigenvalue weighted by atomic mass is 9.95. The van der Waals surface area contributed by atoms with Crippen LogP contribution in [0.25, 0.3) is 6.08 Å². The molecule has 10 nitrogen and oxygen atoms in total. The standard InChI is InChI=1S/C35H33ClN2O8S/c1-5-43-28-18-24(11-16-27(28)46-20-30(39)42-4)32-31(34(41)44-6-2)21(3)37-35-38(32)33(40)29(47-35)17-22-9-14-26(15-10-22)45-19-23-7-12-25(36)13-8-23/h7-18,32H,5-6,19-20H2,1-4H3/b29-17-/t32-/m1/s1. The van der Waals surface area contributed by atoms with Crippen LogP contribution in [0.4, 0.5) is 0 Å². The van der Waals surface area contributed by atoms with Crippen LogP contribution in [0.1, 0.15) is 43.5 Å². The van der Waals surface area contributed by atoms with Gasteiger partial charge in [-0.1, -0.05) is 53.3 Å². The summed E-state index contributed by atoms with van der Waals surface area (Å²) in [6.07, 6.45) is 1.78. The third-order valence-electron chi connectivity index (χ3n) is 7.17. The minimum absolute atomic E-state index is 0.149. The van der Waals surface area contributed by atoms with Gasteiger partial charge >= 0.3 is 11.9 Å². The second kappa shape index (κ2) is 15.1. The number of benzene rings is 3. The van der Waals surface area contributed by atoms with Crippen molar-refractivity contribution in [1.29, 1.82) is 0 Å². The van der Waals surface area contributed by atoms with E-state index in [0.717, 1.165) is 11.1 Å². The van der Waals surface area contributed by atoms with E-state index in [2.05, 4.69) is 9.73 Å². The van der Waals surface area contributed by atoms with Crippen LogP contribution in [0.5, 0.6) is 17.2 Å². The molecule has 1 aliphatic heterocycles. The molecular weight excluding hydrogens is 644 g/mol. The first-order valence-electron chi connectivity index (χ1n) is 14.9. The molecule has 0 saturated carbocycles. The maximum atomic E-state index is 14.0. The molecule has 0 saturated heterocycles. The van der Waals surface area contributed by atoms with Crippen molar-refractivity contribution in [2.45, 2.75) is 33.4 Å². The van der Waals surface area contributed by atoms with Crippen molar-refractivity contribution < 1.29 is 33.3 Å². The number of fused-ring (bicyclic) bond motifs is 1. The van der Waals surface area contributed by atoms with Gasteiger partial charge in [-0.15, -0.1) is 0 Å². The summed E-state index contributed by atoms with van der Waals surface area (Å²) in [6, 6.07) is 19.0. The van der Waals surface area contributed by atoms with Crippen molar-refractivity contribution in [3.8, 4) is 17.2 Å². The van der Waals surface area contributed by atoms with E-state index in [1.807, 2.05) is 55.5 Å². The van der Waals surface area contributed by atoms with Crippen LogP contribution in [-0.2, 0) is 25.7 Å². The van der Waals surface area contributed by atoms with Gasteiger partial charge in [0.05, 0.1) is 42.2 Å². The van der Waals surface area contributed by atoms with Gasteiger partial charge in [-0.3, -0.25) is 9.36 Å². The molecule has 0 N–H and O–H groups in total. The number of aromatic nitrogens is 1. The molecule has 12 heteroatoms. The molecule has 244 valence electrons. The number of halogens is 1. The zero-order valence-electron chi connectivity index (χ0n) is 26.3. The van der Waals surface area contributed by atoms with Gasteiger partial charge in [0.1, 0.15) is 12.4 Å². The van der Waals surface area contributed by atoms with Crippen molar-refractivity contribution in [1.82, 2.24) is 4.57 Å². The summed E-state index contributed by atoms with van der Waals surface area (Å²) in [5.74, 6) is 0.204. The Morgan fingerprint density at radius 2 is 1.70 bits per heavy atom. The predicted molar refractivity (Wildman–Crippen MR) is 178 cm³/mol. The van der Waals surface area contributed by atoms with Crippen LogP contribution in [0.15, 0.2) is 87.8 Å². The number of carbonyl (C=O) groups is 2. The second-order valence-electron chi connectivity index (χ2n) is 10.3. The van der Waals surface area contributed by atoms with Crippen LogP contribution >= 0.6 is 22.9 Å². The van der Waals surface area contributed by atoms with Crippen molar-refractivity contribution in [3.63, 3.8) is 0 Å². The number of hydrogen-bond donors (Lipinski definition) is 0. The van der Waals surface area contributed by atoms with Crippen LogP contribution in [0.2, 0.25) is 5.02 Å². The summed E-state index contributed by atoms with van der Waals surface area (Å²) in [5.41, 5.74) is 2.71. The van der Waals surface area contributed by atoms with Crippen LogP contribution in [0.3, 0.4) is 0 Å². The van der Waals surface area contributed by atoms with E-state index in [-0.39, 0.29) is 24.3 Å². The van der Waals surface area contributed by atoms with Crippen LogP contribution < -0.4 is 29.1 Å². The molecule has 0 radical (unpaired) electrons. The molecule has 0 aliphatic carbocycles. The summed E-state index contributed by atoms with van der Waals surface area (Å²) < 4.78 is 29.4. The molecule has 0 amide bonds. The number of hydrogen-bond acceptors (Lipinski definition) is 10. The smallest absolute Gasteiger partial charge is 0.343 e. The molecule has 0 bridgehead atoms. The number of esters is 2. The highest BCUT2D eigenvalue weighted by molar-refractivity contribution is 7.07. The third-order valence-corrected chi connectivity index (χ3v) is 8.41. The Morgan fingerprint density at radius 1 is 0.957 bits per heavy atom. The van der Waals surface area contributed by atoms with Gasteiger partial charge in [0.2, 0.25) is 0 Å². The summed E-state index contributed by atoms with van der Waals surface area (Å²) >= 11 is 7.19. The molecule has 0 fully saturated rings. The van der Waals surface area contributed by atoms with E-state index < -0.39 is 18.0 Å². The van der Waals surface area contributed by atoms with Crippen LogP contribution in [0, 0.1) is 0 Å². The normalized spacial score (nSPS) is 14.2. The maximum Gasteiger partial charge on any atom is 0.343 e. The first-order chi connectivity index (χ1) is 22.7. The second-order valence-corrected chi connectivity index (χ2v) is 11.7. The van der Waals surface area contributed by atoms with Crippen molar-refractivity contribution in [2.75, 3.05) is 26.9 Å². The van der Waals surface area contributed by atoms with E-state index >= 15 is 0 Å². The Balaban J connectivity index is 1.51. The van der Waals surface area contributed by atoms with E-state index in [1.165, 1.54) is 23.0 Å². The molecule has 47 heavy (non-hydrogen) atoms. The largest absolute Gasteiger partial charge is 0.490 e. The number of nitrogens with zero attached hydrogens (tertiary/aromatic N) is 2. The Kier molecular flexibility index (Phi) is 10.8. The Hall–Kier alpha value is -4.87. The zero-order valence-corrected chi connectivity index (χ0v) is 27.9. The number of carbonyl (C=O) groups excluding carboxylic acids is 2. The first kappa shape index (κ1) is 33.5. The van der Waals surface area contributed by atoms with Crippen LogP contribution in [-0.4, -0.2) is 43.4 Å². The Bertz CT molecular complexity index is 1980. The van der Waals surface area contributed by atoms with Gasteiger partial charge in [0.15, 0.2) is 22.9 Å². The van der Waals surface area contributed by atoms with E-state index in [4.69, 9.17) is 30.5 Å². The SMILES string of the molecule is CCOC(=O)C1=C(C)N=c2s/c(=C\c3ccc(OCc4ccc(Cl)cc4)cc3)c(=O)n2[C@@H]1c1ccc(OCC(=O)OC)c(OCC)c1. The Morgan fingerprint density at radius 3 is 2.38 bits per heavy atom. The fraction of sp³-hybridized carbons (Fsp3) is 0.257. The fourth-order valence-electron chi connectivity index (χ4n) is 4.94. The van der Waals surface area contributed by atoms with Gasteiger partial charge in [-0.25, -0.2) is 14.6 Å². The number of ether oxygens (including phenoxy) is 5. The van der Waals surface area contributed by atoms with Crippen molar-refractivity contribution >= 4 is 41.0 Å². The lowest BCUT2D eigenvalue weighted by Crippen LogP contribution is -2.40. The van der Waals surface area contributed by atoms with Gasteiger partial charge in [-0.05, 0) is 79.9 Å². The molecular formula is C35H33ClN2O8S. The average molecular weight is 677 g/mol. The number of rotatable bonds is 12. The zero-order chi connectivity index (χ0) is 33.5. The van der Waals surface area contributed by atoms with Gasteiger partial charge in [0.25, 0.3) is 5.56 Å². The molecule has 3 aromatic carbocycles. The molecule has 4 aromatic rings. The number of methoxy groups -OCH3 is 1. The lowest BCUT2D eigenvalue weighted by molar-refractivity contribution is -0.143. The topological polar surface area (TPSA) is 115 Å². The van der Waals surface area contributed by atoms with Crippen molar-refractivity contribution in [3.05, 3.63) is 119 Å². The highest BCUT2D eigenvalue weighted by Crippen LogP contribution is 2.36. The maximum absolute atomic E-state index is 14.0. The summed E-state index contributed by atoms with van der Waals surface area (Å²) in [5, 5.41) is 0.664. The third kappa shape index (κ3) is 7.75. The molecule has 0 unspecified atom stereocenters. The van der Waals surface area contributed by atoms with E-state index in [0.29, 0.717) is 56.1 Å². The molecule has 1 atom stereocenters. The van der Waals surface area contributed by atoms with Gasteiger partial charge in [-0.2, -0.15) is 0 Å². The fourth-order valence-corrected chi connectivity index (χ4v) is 6.12. The summed E-state index contributed by atoms with van der Waals surface area (Å²) in [7, 11) is 1.27. The predicted octanol–water partition coefficient (Wildman–Crippen LogP) is 4.98. The highest BCUT2D eigenvalue weighted by atomic mass is 35.5.